The molecule has 2 rings (SSSR count). The van der Waals surface area contributed by atoms with Gasteiger partial charge in [-0.2, -0.15) is 0 Å². The first kappa shape index (κ1) is 20.9. The van der Waals surface area contributed by atoms with Crippen LogP contribution in [0.4, 0.5) is 0 Å². The lowest BCUT2D eigenvalue weighted by atomic mass is 10.2. The van der Waals surface area contributed by atoms with Crippen molar-refractivity contribution in [3.63, 3.8) is 0 Å². The summed E-state index contributed by atoms with van der Waals surface area (Å²) in [6, 6.07) is 19.0. The summed E-state index contributed by atoms with van der Waals surface area (Å²) < 4.78 is 4.78. The smallest absolute Gasteiger partial charge is 0.313 e. The van der Waals surface area contributed by atoms with Crippen molar-refractivity contribution in [2.24, 2.45) is 0 Å². The zero-order valence-electron chi connectivity index (χ0n) is 15.8. The summed E-state index contributed by atoms with van der Waals surface area (Å²) in [7, 11) is 0. The number of ether oxygens (including phenoxy) is 1. The third kappa shape index (κ3) is 7.45. The van der Waals surface area contributed by atoms with Gasteiger partial charge in [-0.3, -0.25) is 14.4 Å². The molecule has 6 heteroatoms. The summed E-state index contributed by atoms with van der Waals surface area (Å²) in [6.07, 6.45) is 0.747. The molecule has 6 nitrogen and oxygen atoms in total. The Morgan fingerprint density at radius 2 is 1.39 bits per heavy atom. The third-order valence-corrected chi connectivity index (χ3v) is 3.80. The van der Waals surface area contributed by atoms with Crippen LogP contribution in [-0.2, 0) is 32.2 Å². The monoisotopic (exact) mass is 380 g/mol. The van der Waals surface area contributed by atoms with Crippen molar-refractivity contribution in [3.05, 3.63) is 83.6 Å². The number of esters is 1. The minimum atomic E-state index is -0.615. The van der Waals surface area contributed by atoms with Gasteiger partial charge in [-0.05, 0) is 18.1 Å². The summed E-state index contributed by atoms with van der Waals surface area (Å²) in [5.74, 6) is -1.53. The van der Waals surface area contributed by atoms with Crippen LogP contribution in [0, 0.1) is 0 Å². The standard InChI is InChI=1S/C22H24N2O4/c1-2-28-21(26)14-19(25)13-20(23-15-17-9-5-3-6-10-17)22(27)24-16-18-11-7-4-8-12-18/h3-13,23H,2,14-16H2,1H3,(H,24,27)/b20-13-. The molecule has 0 atom stereocenters. The first-order valence-electron chi connectivity index (χ1n) is 9.08. The van der Waals surface area contributed by atoms with Gasteiger partial charge in [0.15, 0.2) is 5.78 Å². The highest BCUT2D eigenvalue weighted by Crippen LogP contribution is 2.03. The molecule has 2 aromatic rings. The Morgan fingerprint density at radius 1 is 0.857 bits per heavy atom. The van der Waals surface area contributed by atoms with Crippen molar-refractivity contribution < 1.29 is 19.1 Å². The van der Waals surface area contributed by atoms with E-state index in [2.05, 4.69) is 10.6 Å². The van der Waals surface area contributed by atoms with Crippen molar-refractivity contribution in [1.82, 2.24) is 10.6 Å². The van der Waals surface area contributed by atoms with Gasteiger partial charge in [-0.15, -0.1) is 0 Å². The van der Waals surface area contributed by atoms with Crippen LogP contribution >= 0.6 is 0 Å². The highest BCUT2D eigenvalue weighted by molar-refractivity contribution is 6.06. The Hall–Kier alpha value is -3.41. The maximum absolute atomic E-state index is 12.6. The van der Waals surface area contributed by atoms with E-state index < -0.39 is 24.1 Å². The molecule has 0 aromatic heterocycles. The van der Waals surface area contributed by atoms with Crippen molar-refractivity contribution in [3.8, 4) is 0 Å². The second-order valence-electron chi connectivity index (χ2n) is 6.01. The quantitative estimate of drug-likeness (QED) is 0.376. The minimum absolute atomic E-state index is 0.106. The highest BCUT2D eigenvalue weighted by atomic mass is 16.5. The second kappa shape index (κ2) is 11.3. The number of allylic oxidation sites excluding steroid dienone is 1. The number of benzene rings is 2. The Labute approximate surface area is 164 Å². The van der Waals surface area contributed by atoms with Crippen LogP contribution in [-0.4, -0.2) is 24.3 Å². The van der Waals surface area contributed by atoms with Gasteiger partial charge in [-0.25, -0.2) is 0 Å². The van der Waals surface area contributed by atoms with Gasteiger partial charge in [-0.1, -0.05) is 60.7 Å². The van der Waals surface area contributed by atoms with E-state index in [1.807, 2.05) is 60.7 Å². The molecule has 0 radical (unpaired) electrons. The van der Waals surface area contributed by atoms with E-state index in [0.29, 0.717) is 13.1 Å². The van der Waals surface area contributed by atoms with Gasteiger partial charge in [0, 0.05) is 19.2 Å². The normalized spacial score (nSPS) is 10.8. The molecule has 2 aromatic carbocycles. The van der Waals surface area contributed by atoms with Gasteiger partial charge in [0.05, 0.1) is 6.61 Å². The van der Waals surface area contributed by atoms with Crippen LogP contribution in [0.15, 0.2) is 72.4 Å². The Balaban J connectivity index is 2.05. The maximum atomic E-state index is 12.6. The molecule has 0 saturated heterocycles. The summed E-state index contributed by atoms with van der Waals surface area (Å²) in [5, 5.41) is 5.77. The molecule has 0 aliphatic carbocycles. The number of nitrogens with one attached hydrogen (secondary N) is 2. The summed E-state index contributed by atoms with van der Waals surface area (Å²) in [4.78, 5) is 36.2. The molecule has 1 amide bonds. The van der Waals surface area contributed by atoms with Crippen LogP contribution in [0.1, 0.15) is 24.5 Å². The topological polar surface area (TPSA) is 84.5 Å². The van der Waals surface area contributed by atoms with E-state index in [-0.39, 0.29) is 12.3 Å². The van der Waals surface area contributed by atoms with E-state index >= 15 is 0 Å². The molecular formula is C22H24N2O4. The molecule has 0 aliphatic heterocycles. The van der Waals surface area contributed by atoms with Gasteiger partial charge < -0.3 is 15.4 Å². The van der Waals surface area contributed by atoms with Crippen molar-refractivity contribution in [1.29, 1.82) is 0 Å². The fourth-order valence-corrected chi connectivity index (χ4v) is 2.43. The van der Waals surface area contributed by atoms with Crippen LogP contribution in [0.2, 0.25) is 0 Å². The van der Waals surface area contributed by atoms with Crippen molar-refractivity contribution >= 4 is 17.7 Å². The van der Waals surface area contributed by atoms with Crippen LogP contribution in [0.5, 0.6) is 0 Å². The first-order valence-corrected chi connectivity index (χ1v) is 9.08. The molecule has 0 aliphatic rings. The highest BCUT2D eigenvalue weighted by Gasteiger charge is 2.14. The zero-order chi connectivity index (χ0) is 20.2. The molecule has 0 saturated carbocycles. The number of hydrogen-bond acceptors (Lipinski definition) is 5. The Kier molecular flexibility index (Phi) is 8.46. The summed E-state index contributed by atoms with van der Waals surface area (Å²) >= 11 is 0. The number of ketones is 1. The second-order valence-corrected chi connectivity index (χ2v) is 6.01. The Morgan fingerprint density at radius 3 is 1.93 bits per heavy atom. The SMILES string of the molecule is CCOC(=O)CC(=O)/C=C(\NCc1ccccc1)C(=O)NCc1ccccc1. The van der Waals surface area contributed by atoms with Crippen LogP contribution in [0.25, 0.3) is 0 Å². The lowest BCUT2D eigenvalue weighted by molar-refractivity contribution is -0.144. The number of carbonyl (C=O) groups excluding carboxylic acids is 3. The molecule has 0 spiro atoms. The largest absolute Gasteiger partial charge is 0.466 e. The predicted octanol–water partition coefficient (Wildman–Crippen LogP) is 2.50. The van der Waals surface area contributed by atoms with E-state index in [1.165, 1.54) is 0 Å². The van der Waals surface area contributed by atoms with E-state index in [0.717, 1.165) is 17.2 Å². The molecule has 0 heterocycles. The zero-order valence-corrected chi connectivity index (χ0v) is 15.8. The number of amides is 1. The fraction of sp³-hybridized carbons (Fsp3) is 0.227. The van der Waals surface area contributed by atoms with Crippen molar-refractivity contribution in [2.75, 3.05) is 6.61 Å². The van der Waals surface area contributed by atoms with E-state index in [1.54, 1.807) is 6.92 Å². The average molecular weight is 380 g/mol. The van der Waals surface area contributed by atoms with Crippen molar-refractivity contribution in [2.45, 2.75) is 26.4 Å². The fourth-order valence-electron chi connectivity index (χ4n) is 2.43. The summed E-state index contributed by atoms with van der Waals surface area (Å²) in [6.45, 7) is 2.57. The van der Waals surface area contributed by atoms with E-state index in [9.17, 15) is 14.4 Å². The molecule has 0 fully saturated rings. The average Bonchev–Trinajstić information content (AvgIpc) is 2.71. The van der Waals surface area contributed by atoms with Gasteiger partial charge in [0.25, 0.3) is 5.91 Å². The van der Waals surface area contributed by atoms with Gasteiger partial charge >= 0.3 is 5.97 Å². The molecule has 2 N–H and O–H groups in total. The first-order chi connectivity index (χ1) is 13.6. The van der Waals surface area contributed by atoms with Crippen LogP contribution in [0.3, 0.4) is 0 Å². The van der Waals surface area contributed by atoms with Gasteiger partial charge in [0.2, 0.25) is 0 Å². The lowest BCUT2D eigenvalue weighted by Gasteiger charge is -2.12. The number of rotatable bonds is 10. The third-order valence-electron chi connectivity index (χ3n) is 3.80. The number of carbonyl (C=O) groups is 3. The molecule has 0 bridgehead atoms. The molecule has 146 valence electrons. The van der Waals surface area contributed by atoms with Crippen LogP contribution < -0.4 is 10.6 Å². The molecule has 0 unspecified atom stereocenters. The minimum Gasteiger partial charge on any atom is -0.466 e. The van der Waals surface area contributed by atoms with E-state index in [4.69, 9.17) is 4.74 Å². The maximum Gasteiger partial charge on any atom is 0.313 e. The summed E-state index contributed by atoms with van der Waals surface area (Å²) in [5.41, 5.74) is 2.01. The van der Waals surface area contributed by atoms with Gasteiger partial charge in [0.1, 0.15) is 12.1 Å². The predicted molar refractivity (Wildman–Crippen MR) is 106 cm³/mol. The Bertz CT molecular complexity index is 817. The number of hydrogen-bond donors (Lipinski definition) is 2. The lowest BCUT2D eigenvalue weighted by Crippen LogP contribution is -2.32. The molecule has 28 heavy (non-hydrogen) atoms. The molecular weight excluding hydrogens is 356 g/mol.